The number of rotatable bonds is 3. The first kappa shape index (κ1) is 16.2. The zero-order valence-corrected chi connectivity index (χ0v) is 13.7. The summed E-state index contributed by atoms with van der Waals surface area (Å²) in [4.78, 5) is 16.3. The molecule has 0 radical (unpaired) electrons. The lowest BCUT2D eigenvalue weighted by atomic mass is 10.1. The quantitative estimate of drug-likeness (QED) is 0.723. The van der Waals surface area contributed by atoms with Gasteiger partial charge in [0.15, 0.2) is 0 Å². The second-order valence-electron chi connectivity index (χ2n) is 6.49. The molecule has 1 amide bonds. The first-order chi connectivity index (χ1) is 10.5. The van der Waals surface area contributed by atoms with Crippen LogP contribution in [-0.4, -0.2) is 90.7 Å². The number of hydrogen-bond donors (Lipinski definition) is 1. The van der Waals surface area contributed by atoms with Gasteiger partial charge in [-0.15, -0.1) is 0 Å². The lowest BCUT2D eigenvalue weighted by molar-refractivity contribution is -0.133. The van der Waals surface area contributed by atoms with E-state index in [0.717, 1.165) is 32.4 Å². The molecule has 2 atom stereocenters. The van der Waals surface area contributed by atoms with Crippen molar-refractivity contribution in [2.45, 2.75) is 37.8 Å². The van der Waals surface area contributed by atoms with Crippen LogP contribution in [0.5, 0.6) is 0 Å². The third-order valence-corrected chi connectivity index (χ3v) is 7.00. The summed E-state index contributed by atoms with van der Waals surface area (Å²) in [7, 11) is -3.21. The van der Waals surface area contributed by atoms with E-state index in [-0.39, 0.29) is 30.4 Å². The Morgan fingerprint density at radius 2 is 1.77 bits per heavy atom. The highest BCUT2D eigenvalue weighted by atomic mass is 32.2. The number of aliphatic hydroxyl groups excluding tert-OH is 1. The highest BCUT2D eigenvalue weighted by Crippen LogP contribution is 2.25. The zero-order valence-electron chi connectivity index (χ0n) is 12.9. The second kappa shape index (κ2) is 6.43. The molecule has 22 heavy (non-hydrogen) atoms. The molecule has 0 aromatic heterocycles. The summed E-state index contributed by atoms with van der Waals surface area (Å²) in [6.07, 6.45) is 3.34. The number of hydrogen-bond acceptors (Lipinski definition) is 5. The lowest BCUT2D eigenvalue weighted by Gasteiger charge is -2.39. The van der Waals surface area contributed by atoms with Crippen LogP contribution in [0.25, 0.3) is 0 Å². The van der Waals surface area contributed by atoms with E-state index >= 15 is 0 Å². The Hall–Kier alpha value is -0.700. The molecule has 0 unspecified atom stereocenters. The van der Waals surface area contributed by atoms with Crippen molar-refractivity contribution in [1.29, 1.82) is 0 Å². The highest BCUT2D eigenvalue weighted by molar-refractivity contribution is 7.89. The maximum absolute atomic E-state index is 12.3. The number of aliphatic hydroxyl groups is 1. The molecule has 2 aliphatic heterocycles. The predicted octanol–water partition coefficient (Wildman–Crippen LogP) is -0.920. The van der Waals surface area contributed by atoms with Gasteiger partial charge < -0.3 is 10.0 Å². The Kier molecular flexibility index (Phi) is 4.72. The van der Waals surface area contributed by atoms with E-state index in [1.807, 2.05) is 0 Å². The second-order valence-corrected chi connectivity index (χ2v) is 8.57. The molecule has 0 spiro atoms. The van der Waals surface area contributed by atoms with Crippen LogP contribution in [0.1, 0.15) is 25.7 Å². The summed E-state index contributed by atoms with van der Waals surface area (Å²) in [5.74, 6) is 0.0604. The molecule has 1 saturated carbocycles. The molecule has 7 nitrogen and oxygen atoms in total. The third-order valence-electron chi connectivity index (χ3n) is 5.09. The Labute approximate surface area is 131 Å². The largest absolute Gasteiger partial charge is 0.391 e. The molecule has 2 heterocycles. The van der Waals surface area contributed by atoms with Crippen LogP contribution in [0.2, 0.25) is 0 Å². The van der Waals surface area contributed by atoms with Crippen LogP contribution in [0.3, 0.4) is 0 Å². The maximum Gasteiger partial charge on any atom is 0.237 e. The van der Waals surface area contributed by atoms with Crippen molar-refractivity contribution in [2.24, 2.45) is 0 Å². The Morgan fingerprint density at radius 1 is 1.05 bits per heavy atom. The van der Waals surface area contributed by atoms with E-state index in [1.54, 1.807) is 4.90 Å². The maximum atomic E-state index is 12.3. The minimum absolute atomic E-state index is 0.0195. The van der Waals surface area contributed by atoms with Crippen LogP contribution in [0.15, 0.2) is 0 Å². The Balaban J connectivity index is 1.50. The van der Waals surface area contributed by atoms with Crippen molar-refractivity contribution in [3.05, 3.63) is 0 Å². The SMILES string of the molecule is O=C(CN1CCCS1(=O)=O)N1CCN([C@H]2CCC[C@H]2O)CC1. The van der Waals surface area contributed by atoms with Crippen LogP contribution in [-0.2, 0) is 14.8 Å². The van der Waals surface area contributed by atoms with Crippen LogP contribution >= 0.6 is 0 Å². The molecular formula is C14H25N3O4S. The first-order valence-electron chi connectivity index (χ1n) is 8.15. The number of amides is 1. The normalized spacial score (nSPS) is 33.4. The molecule has 3 fully saturated rings. The number of carbonyl (C=O) groups excluding carboxylic acids is 1. The minimum atomic E-state index is -3.21. The molecule has 3 aliphatic rings. The van der Waals surface area contributed by atoms with E-state index in [9.17, 15) is 18.3 Å². The molecule has 1 aliphatic carbocycles. The monoisotopic (exact) mass is 331 g/mol. The Bertz CT molecular complexity index is 516. The van der Waals surface area contributed by atoms with Crippen LogP contribution in [0.4, 0.5) is 0 Å². The summed E-state index contributed by atoms with van der Waals surface area (Å²) in [5.41, 5.74) is 0. The van der Waals surface area contributed by atoms with E-state index in [0.29, 0.717) is 26.1 Å². The summed E-state index contributed by atoms with van der Waals surface area (Å²) in [6.45, 7) is 3.21. The molecule has 1 N–H and O–H groups in total. The topological polar surface area (TPSA) is 81.2 Å². The predicted molar refractivity (Wildman–Crippen MR) is 81.8 cm³/mol. The number of nitrogens with zero attached hydrogens (tertiary/aromatic N) is 3. The fraction of sp³-hybridized carbons (Fsp3) is 0.929. The van der Waals surface area contributed by atoms with Crippen LogP contribution < -0.4 is 0 Å². The van der Waals surface area contributed by atoms with Gasteiger partial charge in [0.1, 0.15) is 0 Å². The summed E-state index contributed by atoms with van der Waals surface area (Å²) in [6, 6.07) is 0.233. The zero-order chi connectivity index (χ0) is 15.7. The van der Waals surface area contributed by atoms with Crippen molar-refractivity contribution < 1.29 is 18.3 Å². The lowest BCUT2D eigenvalue weighted by Crippen LogP contribution is -2.55. The van der Waals surface area contributed by atoms with Gasteiger partial charge in [0, 0.05) is 38.8 Å². The van der Waals surface area contributed by atoms with Gasteiger partial charge in [-0.25, -0.2) is 8.42 Å². The summed E-state index contributed by atoms with van der Waals surface area (Å²) in [5, 5.41) is 9.97. The van der Waals surface area contributed by atoms with Gasteiger partial charge in [-0.2, -0.15) is 4.31 Å². The minimum Gasteiger partial charge on any atom is -0.391 e. The molecule has 0 bridgehead atoms. The van der Waals surface area contributed by atoms with Crippen molar-refractivity contribution in [1.82, 2.24) is 14.1 Å². The average Bonchev–Trinajstić information content (AvgIpc) is 3.05. The number of carbonyl (C=O) groups is 1. The standard InChI is InChI=1S/C14H25N3O4S/c18-13-4-1-3-12(13)15-6-8-16(9-7-15)14(19)11-17-5-2-10-22(17,20)21/h12-13,18H,1-11H2/t12-,13+/m0/s1. The summed E-state index contributed by atoms with van der Waals surface area (Å²) >= 11 is 0. The van der Waals surface area contributed by atoms with Gasteiger partial charge in [0.2, 0.25) is 15.9 Å². The van der Waals surface area contributed by atoms with Gasteiger partial charge in [-0.3, -0.25) is 9.69 Å². The molecular weight excluding hydrogens is 306 g/mol. The van der Waals surface area contributed by atoms with E-state index in [4.69, 9.17) is 0 Å². The molecule has 0 aromatic carbocycles. The molecule has 126 valence electrons. The van der Waals surface area contributed by atoms with E-state index in [2.05, 4.69) is 4.90 Å². The van der Waals surface area contributed by atoms with Gasteiger partial charge >= 0.3 is 0 Å². The Morgan fingerprint density at radius 3 is 2.32 bits per heavy atom. The molecule has 0 aromatic rings. The highest BCUT2D eigenvalue weighted by Gasteiger charge is 2.35. The summed E-state index contributed by atoms with van der Waals surface area (Å²) < 4.78 is 24.8. The third kappa shape index (κ3) is 3.29. The van der Waals surface area contributed by atoms with Crippen molar-refractivity contribution >= 4 is 15.9 Å². The van der Waals surface area contributed by atoms with E-state index in [1.165, 1.54) is 4.31 Å². The van der Waals surface area contributed by atoms with Crippen molar-refractivity contribution in [3.63, 3.8) is 0 Å². The average molecular weight is 331 g/mol. The molecule has 8 heteroatoms. The van der Waals surface area contributed by atoms with Crippen molar-refractivity contribution in [3.8, 4) is 0 Å². The molecule has 3 rings (SSSR count). The van der Waals surface area contributed by atoms with Gasteiger partial charge in [-0.1, -0.05) is 0 Å². The first-order valence-corrected chi connectivity index (χ1v) is 9.76. The number of sulfonamides is 1. The fourth-order valence-corrected chi connectivity index (χ4v) is 5.24. The van der Waals surface area contributed by atoms with Gasteiger partial charge in [0.25, 0.3) is 0 Å². The smallest absolute Gasteiger partial charge is 0.237 e. The van der Waals surface area contributed by atoms with Crippen LogP contribution in [0, 0.1) is 0 Å². The number of piperazine rings is 1. The molecule has 2 saturated heterocycles. The van der Waals surface area contributed by atoms with E-state index < -0.39 is 10.0 Å². The fourth-order valence-electron chi connectivity index (χ4n) is 3.77. The van der Waals surface area contributed by atoms with Gasteiger partial charge in [0.05, 0.1) is 18.4 Å². The van der Waals surface area contributed by atoms with Gasteiger partial charge in [-0.05, 0) is 25.7 Å². The van der Waals surface area contributed by atoms with Crippen molar-refractivity contribution in [2.75, 3.05) is 45.0 Å².